The Labute approximate surface area is 142 Å². The SMILES string of the molecule is CC(=O)c1c[nH]c(C(=O)Nc2ccc(N3CCC(C)CC3)cc2)c1. The van der Waals surface area contributed by atoms with Gasteiger partial charge in [-0.25, -0.2) is 0 Å². The number of amides is 1. The van der Waals surface area contributed by atoms with Crippen molar-refractivity contribution >= 4 is 23.1 Å². The molecule has 1 aromatic carbocycles. The summed E-state index contributed by atoms with van der Waals surface area (Å²) in [6, 6.07) is 9.49. The second-order valence-corrected chi connectivity index (χ2v) is 6.53. The number of hydrogen-bond acceptors (Lipinski definition) is 3. The summed E-state index contributed by atoms with van der Waals surface area (Å²) in [5.41, 5.74) is 2.83. The summed E-state index contributed by atoms with van der Waals surface area (Å²) in [6.45, 7) is 5.95. The second kappa shape index (κ2) is 6.91. The first-order valence-electron chi connectivity index (χ1n) is 8.38. The lowest BCUT2D eigenvalue weighted by Crippen LogP contribution is -2.32. The van der Waals surface area contributed by atoms with Crippen LogP contribution < -0.4 is 10.2 Å². The molecule has 24 heavy (non-hydrogen) atoms. The van der Waals surface area contributed by atoms with Crippen molar-refractivity contribution in [3.05, 3.63) is 47.8 Å². The van der Waals surface area contributed by atoms with Crippen LogP contribution in [0.15, 0.2) is 36.5 Å². The van der Waals surface area contributed by atoms with E-state index in [0.29, 0.717) is 11.3 Å². The van der Waals surface area contributed by atoms with Crippen LogP contribution in [0.2, 0.25) is 0 Å². The number of rotatable bonds is 4. The van der Waals surface area contributed by atoms with E-state index in [-0.39, 0.29) is 11.7 Å². The van der Waals surface area contributed by atoms with Gasteiger partial charge in [0.05, 0.1) is 0 Å². The molecule has 2 aromatic rings. The fourth-order valence-electron chi connectivity index (χ4n) is 2.95. The van der Waals surface area contributed by atoms with Crippen LogP contribution in [0.3, 0.4) is 0 Å². The van der Waals surface area contributed by atoms with E-state index in [2.05, 4.69) is 22.1 Å². The van der Waals surface area contributed by atoms with Gasteiger partial charge in [0.2, 0.25) is 0 Å². The number of anilines is 2. The van der Waals surface area contributed by atoms with E-state index >= 15 is 0 Å². The van der Waals surface area contributed by atoms with Crippen molar-refractivity contribution in [1.29, 1.82) is 0 Å². The lowest BCUT2D eigenvalue weighted by atomic mass is 9.99. The maximum absolute atomic E-state index is 12.2. The zero-order valence-electron chi connectivity index (χ0n) is 14.1. The van der Waals surface area contributed by atoms with E-state index in [1.807, 2.05) is 24.3 Å². The number of carbonyl (C=O) groups excluding carboxylic acids is 2. The number of ketones is 1. The Morgan fingerprint density at radius 1 is 1.17 bits per heavy atom. The predicted molar refractivity (Wildman–Crippen MR) is 95.8 cm³/mol. The maximum atomic E-state index is 12.2. The summed E-state index contributed by atoms with van der Waals surface area (Å²) >= 11 is 0. The molecular formula is C19H23N3O2. The monoisotopic (exact) mass is 325 g/mol. The molecule has 0 bridgehead atoms. The zero-order chi connectivity index (χ0) is 17.1. The molecule has 0 saturated carbocycles. The number of piperidine rings is 1. The Kier molecular flexibility index (Phi) is 4.69. The molecule has 0 spiro atoms. The van der Waals surface area contributed by atoms with Crippen LogP contribution >= 0.6 is 0 Å². The van der Waals surface area contributed by atoms with Gasteiger partial charge in [0, 0.05) is 36.2 Å². The normalized spacial score (nSPS) is 15.3. The highest BCUT2D eigenvalue weighted by Gasteiger charge is 2.16. The molecule has 5 heteroatoms. The largest absolute Gasteiger partial charge is 0.372 e. The molecule has 1 aliphatic heterocycles. The van der Waals surface area contributed by atoms with E-state index < -0.39 is 0 Å². The van der Waals surface area contributed by atoms with E-state index in [9.17, 15) is 9.59 Å². The van der Waals surface area contributed by atoms with Crippen molar-refractivity contribution in [2.45, 2.75) is 26.7 Å². The van der Waals surface area contributed by atoms with Gasteiger partial charge in [0.1, 0.15) is 5.69 Å². The Morgan fingerprint density at radius 3 is 2.42 bits per heavy atom. The van der Waals surface area contributed by atoms with Gasteiger partial charge in [-0.05, 0) is 56.0 Å². The first-order chi connectivity index (χ1) is 11.5. The lowest BCUT2D eigenvalue weighted by Gasteiger charge is -2.32. The smallest absolute Gasteiger partial charge is 0.272 e. The number of aromatic amines is 1. The molecule has 1 aromatic heterocycles. The second-order valence-electron chi connectivity index (χ2n) is 6.53. The average molecular weight is 325 g/mol. The molecule has 1 fully saturated rings. The third-order valence-corrected chi connectivity index (χ3v) is 4.61. The summed E-state index contributed by atoms with van der Waals surface area (Å²) in [7, 11) is 0. The molecule has 126 valence electrons. The number of nitrogens with zero attached hydrogens (tertiary/aromatic N) is 1. The average Bonchev–Trinajstić information content (AvgIpc) is 3.07. The molecule has 0 unspecified atom stereocenters. The highest BCUT2D eigenvalue weighted by molar-refractivity contribution is 6.05. The third-order valence-electron chi connectivity index (χ3n) is 4.61. The van der Waals surface area contributed by atoms with Crippen LogP contribution in [0.25, 0.3) is 0 Å². The highest BCUT2D eigenvalue weighted by atomic mass is 16.2. The van der Waals surface area contributed by atoms with Gasteiger partial charge >= 0.3 is 0 Å². The number of nitrogens with one attached hydrogen (secondary N) is 2. The Bertz CT molecular complexity index is 725. The van der Waals surface area contributed by atoms with E-state index in [1.165, 1.54) is 25.5 Å². The van der Waals surface area contributed by atoms with Crippen molar-refractivity contribution in [2.75, 3.05) is 23.3 Å². The molecule has 0 aliphatic carbocycles. The van der Waals surface area contributed by atoms with Crippen LogP contribution in [0, 0.1) is 5.92 Å². The van der Waals surface area contributed by atoms with Crippen LogP contribution in [0.4, 0.5) is 11.4 Å². The standard InChI is InChI=1S/C19H23N3O2/c1-13-7-9-22(10-8-13)17-5-3-16(4-6-17)21-19(24)18-11-15(12-20-18)14(2)23/h3-6,11-13,20H,7-10H2,1-2H3,(H,21,24). The van der Waals surface area contributed by atoms with Crippen molar-refractivity contribution < 1.29 is 9.59 Å². The molecule has 0 atom stereocenters. The Morgan fingerprint density at radius 2 is 1.83 bits per heavy atom. The van der Waals surface area contributed by atoms with Crippen LogP contribution in [0.1, 0.15) is 47.5 Å². The molecule has 2 N–H and O–H groups in total. The van der Waals surface area contributed by atoms with Crippen molar-refractivity contribution in [3.63, 3.8) is 0 Å². The van der Waals surface area contributed by atoms with Crippen molar-refractivity contribution in [2.24, 2.45) is 5.92 Å². The number of carbonyl (C=O) groups is 2. The zero-order valence-corrected chi connectivity index (χ0v) is 14.1. The van der Waals surface area contributed by atoms with Crippen molar-refractivity contribution in [3.8, 4) is 0 Å². The van der Waals surface area contributed by atoms with Gasteiger partial charge < -0.3 is 15.2 Å². The first-order valence-corrected chi connectivity index (χ1v) is 8.38. The van der Waals surface area contributed by atoms with Crippen molar-refractivity contribution in [1.82, 2.24) is 4.98 Å². The summed E-state index contributed by atoms with van der Waals surface area (Å²) in [5, 5.41) is 2.85. The quantitative estimate of drug-likeness (QED) is 0.842. The topological polar surface area (TPSA) is 65.2 Å². The maximum Gasteiger partial charge on any atom is 0.272 e. The van der Waals surface area contributed by atoms with E-state index in [0.717, 1.165) is 24.7 Å². The Hall–Kier alpha value is -2.56. The minimum absolute atomic E-state index is 0.0643. The summed E-state index contributed by atoms with van der Waals surface area (Å²) in [4.78, 5) is 28.7. The third kappa shape index (κ3) is 3.67. The van der Waals surface area contributed by atoms with Crippen LogP contribution in [-0.4, -0.2) is 29.8 Å². The molecular weight excluding hydrogens is 302 g/mol. The molecule has 1 saturated heterocycles. The number of hydrogen-bond donors (Lipinski definition) is 2. The van der Waals surface area contributed by atoms with Gasteiger partial charge in [-0.3, -0.25) is 9.59 Å². The number of aromatic nitrogens is 1. The lowest BCUT2D eigenvalue weighted by molar-refractivity contribution is 0.101. The van der Waals surface area contributed by atoms with Gasteiger partial charge in [-0.1, -0.05) is 6.92 Å². The predicted octanol–water partition coefficient (Wildman–Crippen LogP) is 3.71. The number of H-pyrrole nitrogens is 1. The molecule has 3 rings (SSSR count). The van der Waals surface area contributed by atoms with Gasteiger partial charge in [0.15, 0.2) is 5.78 Å². The van der Waals surface area contributed by atoms with E-state index in [1.54, 1.807) is 12.3 Å². The number of benzene rings is 1. The molecule has 5 nitrogen and oxygen atoms in total. The highest BCUT2D eigenvalue weighted by Crippen LogP contribution is 2.24. The summed E-state index contributed by atoms with van der Waals surface area (Å²) in [5.74, 6) is 0.494. The fourth-order valence-corrected chi connectivity index (χ4v) is 2.95. The van der Waals surface area contributed by atoms with Gasteiger partial charge in [0.25, 0.3) is 5.91 Å². The van der Waals surface area contributed by atoms with Gasteiger partial charge in [-0.15, -0.1) is 0 Å². The minimum Gasteiger partial charge on any atom is -0.372 e. The molecule has 2 heterocycles. The summed E-state index contributed by atoms with van der Waals surface area (Å²) < 4.78 is 0. The van der Waals surface area contributed by atoms with E-state index in [4.69, 9.17) is 0 Å². The minimum atomic E-state index is -0.248. The first kappa shape index (κ1) is 16.3. The molecule has 0 radical (unpaired) electrons. The summed E-state index contributed by atoms with van der Waals surface area (Å²) in [6.07, 6.45) is 4.01. The molecule has 1 amide bonds. The van der Waals surface area contributed by atoms with Crippen LogP contribution in [-0.2, 0) is 0 Å². The van der Waals surface area contributed by atoms with Crippen LogP contribution in [0.5, 0.6) is 0 Å². The van der Waals surface area contributed by atoms with Gasteiger partial charge in [-0.2, -0.15) is 0 Å². The molecule has 1 aliphatic rings. The fraction of sp³-hybridized carbons (Fsp3) is 0.368. The number of Topliss-reactive ketones (excluding diaryl/α,β-unsaturated/α-hetero) is 1. The Balaban J connectivity index is 1.63.